The zero-order chi connectivity index (χ0) is 23.3. The molecule has 0 unspecified atom stereocenters. The van der Waals surface area contributed by atoms with E-state index in [9.17, 15) is 9.59 Å². The third-order valence-corrected chi connectivity index (χ3v) is 7.23. The summed E-state index contributed by atoms with van der Waals surface area (Å²) < 4.78 is 10.9. The van der Waals surface area contributed by atoms with Crippen LogP contribution in [0.25, 0.3) is 0 Å². The van der Waals surface area contributed by atoms with E-state index in [4.69, 9.17) is 9.47 Å². The molecule has 3 aromatic carbocycles. The van der Waals surface area contributed by atoms with E-state index >= 15 is 0 Å². The zero-order valence-electron chi connectivity index (χ0n) is 19.1. The molecule has 3 aromatic rings. The molecule has 2 heterocycles. The van der Waals surface area contributed by atoms with E-state index in [2.05, 4.69) is 15.9 Å². The number of aryl methyl sites for hydroxylation is 1. The standard InChI is InChI=1S/C28H26N2O4/c1-19-6-9-21(10-7-19)28(26(31)22-4-2-3-5-23(22)27(28)32)30-14-12-29(13-15-30)17-20-8-11-24-25(16-20)34-18-33-24/h2-11,16H,12-15,17-18H2,1H3. The normalized spacial score (nSPS) is 19.4. The Morgan fingerprint density at radius 3 is 2.12 bits per heavy atom. The van der Waals surface area contributed by atoms with E-state index in [1.54, 1.807) is 12.1 Å². The van der Waals surface area contributed by atoms with Gasteiger partial charge in [0.1, 0.15) is 0 Å². The third-order valence-electron chi connectivity index (χ3n) is 7.23. The van der Waals surface area contributed by atoms with Crippen molar-refractivity contribution in [2.75, 3.05) is 33.0 Å². The molecule has 172 valence electrons. The lowest BCUT2D eigenvalue weighted by molar-refractivity contribution is 0.0279. The molecule has 6 nitrogen and oxygen atoms in total. The molecule has 3 aliphatic rings. The second-order valence-electron chi connectivity index (χ2n) is 9.23. The predicted molar refractivity (Wildman–Crippen MR) is 127 cm³/mol. The number of rotatable bonds is 4. The summed E-state index contributed by atoms with van der Waals surface area (Å²) in [6.07, 6.45) is 0. The highest BCUT2D eigenvalue weighted by Gasteiger charge is 2.58. The lowest BCUT2D eigenvalue weighted by atomic mass is 9.82. The highest BCUT2D eigenvalue weighted by Crippen LogP contribution is 2.43. The van der Waals surface area contributed by atoms with Crippen LogP contribution in [0.2, 0.25) is 0 Å². The van der Waals surface area contributed by atoms with E-state index in [0.717, 1.165) is 47.8 Å². The van der Waals surface area contributed by atoms with Crippen LogP contribution >= 0.6 is 0 Å². The van der Waals surface area contributed by atoms with Gasteiger partial charge in [-0.15, -0.1) is 0 Å². The molecule has 34 heavy (non-hydrogen) atoms. The number of Topliss-reactive ketones (excluding diaryl/α,β-unsaturated/α-hetero) is 2. The van der Waals surface area contributed by atoms with Gasteiger partial charge in [0.05, 0.1) is 0 Å². The Morgan fingerprint density at radius 2 is 1.44 bits per heavy atom. The van der Waals surface area contributed by atoms with Crippen molar-refractivity contribution in [1.29, 1.82) is 0 Å². The summed E-state index contributed by atoms with van der Waals surface area (Å²) in [7, 11) is 0. The largest absolute Gasteiger partial charge is 0.454 e. The molecule has 0 aromatic heterocycles. The molecule has 2 aliphatic heterocycles. The summed E-state index contributed by atoms with van der Waals surface area (Å²) >= 11 is 0. The molecule has 0 radical (unpaired) electrons. The fourth-order valence-corrected chi connectivity index (χ4v) is 5.44. The molecule has 0 N–H and O–H groups in total. The number of fused-ring (bicyclic) bond motifs is 2. The lowest BCUT2D eigenvalue weighted by Gasteiger charge is -2.44. The van der Waals surface area contributed by atoms with Crippen molar-refractivity contribution in [3.8, 4) is 11.5 Å². The van der Waals surface area contributed by atoms with E-state index in [1.165, 1.54) is 0 Å². The molecule has 0 spiro atoms. The first-order valence-electron chi connectivity index (χ1n) is 11.7. The van der Waals surface area contributed by atoms with Gasteiger partial charge in [-0.1, -0.05) is 60.2 Å². The number of ether oxygens (including phenoxy) is 2. The van der Waals surface area contributed by atoms with Crippen LogP contribution in [0, 0.1) is 6.92 Å². The van der Waals surface area contributed by atoms with Gasteiger partial charge < -0.3 is 9.47 Å². The minimum Gasteiger partial charge on any atom is -0.454 e. The fourth-order valence-electron chi connectivity index (χ4n) is 5.44. The highest BCUT2D eigenvalue weighted by atomic mass is 16.7. The van der Waals surface area contributed by atoms with Gasteiger partial charge in [0.25, 0.3) is 0 Å². The molecule has 0 atom stereocenters. The van der Waals surface area contributed by atoms with Crippen LogP contribution in [-0.4, -0.2) is 54.3 Å². The Bertz CT molecular complexity index is 1240. The van der Waals surface area contributed by atoms with Crippen molar-refractivity contribution in [3.63, 3.8) is 0 Å². The molecule has 1 aliphatic carbocycles. The van der Waals surface area contributed by atoms with Crippen molar-refractivity contribution in [1.82, 2.24) is 9.80 Å². The second kappa shape index (κ2) is 8.08. The third kappa shape index (κ3) is 3.17. The number of hydrogen-bond donors (Lipinski definition) is 0. The summed E-state index contributed by atoms with van der Waals surface area (Å²) in [5.74, 6) is 1.35. The van der Waals surface area contributed by atoms with E-state index < -0.39 is 5.54 Å². The van der Waals surface area contributed by atoms with Crippen molar-refractivity contribution < 1.29 is 19.1 Å². The average molecular weight is 455 g/mol. The topological polar surface area (TPSA) is 59.1 Å². The van der Waals surface area contributed by atoms with Gasteiger partial charge in [-0.05, 0) is 30.2 Å². The Balaban J connectivity index is 1.28. The van der Waals surface area contributed by atoms with Crippen LogP contribution in [0.1, 0.15) is 37.4 Å². The maximum absolute atomic E-state index is 13.9. The van der Waals surface area contributed by atoms with Gasteiger partial charge in [-0.2, -0.15) is 0 Å². The molecule has 1 fully saturated rings. The number of nitrogens with zero attached hydrogens (tertiary/aromatic N) is 2. The molecule has 6 heteroatoms. The summed E-state index contributed by atoms with van der Waals surface area (Å²) in [4.78, 5) is 32.2. The predicted octanol–water partition coefficient (Wildman–Crippen LogP) is 3.82. The Kier molecular flexibility index (Phi) is 5.01. The number of ketones is 2. The number of carbonyl (C=O) groups excluding carboxylic acids is 2. The quantitative estimate of drug-likeness (QED) is 0.559. The zero-order valence-corrected chi connectivity index (χ0v) is 19.1. The van der Waals surface area contributed by atoms with Gasteiger partial charge in [-0.3, -0.25) is 19.4 Å². The molecule has 6 rings (SSSR count). The van der Waals surface area contributed by atoms with Gasteiger partial charge in [0.2, 0.25) is 6.79 Å². The van der Waals surface area contributed by atoms with Crippen LogP contribution in [-0.2, 0) is 12.1 Å². The van der Waals surface area contributed by atoms with Crippen molar-refractivity contribution in [3.05, 3.63) is 94.5 Å². The Morgan fingerprint density at radius 1 is 0.794 bits per heavy atom. The fraction of sp³-hybridized carbons (Fsp3) is 0.286. The first-order valence-corrected chi connectivity index (χ1v) is 11.7. The molecule has 0 bridgehead atoms. The van der Waals surface area contributed by atoms with Crippen LogP contribution in [0.5, 0.6) is 11.5 Å². The molecule has 0 amide bonds. The van der Waals surface area contributed by atoms with E-state index in [0.29, 0.717) is 24.2 Å². The van der Waals surface area contributed by atoms with Gasteiger partial charge in [0.15, 0.2) is 28.6 Å². The second-order valence-corrected chi connectivity index (χ2v) is 9.23. The summed E-state index contributed by atoms with van der Waals surface area (Å²) in [5.41, 5.74) is 2.77. The average Bonchev–Trinajstić information content (AvgIpc) is 3.42. The minimum atomic E-state index is -1.29. The Hall–Kier alpha value is -3.48. The number of benzene rings is 3. The van der Waals surface area contributed by atoms with Gasteiger partial charge in [0, 0.05) is 43.9 Å². The first kappa shape index (κ1) is 21.1. The SMILES string of the molecule is Cc1ccc(C2(N3CCN(Cc4ccc5c(c4)OCO5)CC3)C(=O)c3ccccc3C2=O)cc1. The summed E-state index contributed by atoms with van der Waals surface area (Å²) in [6.45, 7) is 5.84. The van der Waals surface area contributed by atoms with Crippen LogP contribution in [0.15, 0.2) is 66.7 Å². The van der Waals surface area contributed by atoms with Gasteiger partial charge in [-0.25, -0.2) is 0 Å². The number of piperazine rings is 1. The minimum absolute atomic E-state index is 0.110. The van der Waals surface area contributed by atoms with Gasteiger partial charge >= 0.3 is 0 Å². The van der Waals surface area contributed by atoms with Crippen LogP contribution in [0.3, 0.4) is 0 Å². The smallest absolute Gasteiger partial charge is 0.231 e. The number of hydrogen-bond acceptors (Lipinski definition) is 6. The van der Waals surface area contributed by atoms with Crippen molar-refractivity contribution in [2.24, 2.45) is 0 Å². The highest BCUT2D eigenvalue weighted by molar-refractivity contribution is 6.32. The maximum Gasteiger partial charge on any atom is 0.231 e. The van der Waals surface area contributed by atoms with Crippen molar-refractivity contribution in [2.45, 2.75) is 19.0 Å². The molecular formula is C28H26N2O4. The molecule has 1 saturated heterocycles. The van der Waals surface area contributed by atoms with E-state index in [1.807, 2.05) is 55.5 Å². The number of carbonyl (C=O) groups is 2. The van der Waals surface area contributed by atoms with E-state index in [-0.39, 0.29) is 18.4 Å². The van der Waals surface area contributed by atoms with Crippen molar-refractivity contribution >= 4 is 11.6 Å². The maximum atomic E-state index is 13.9. The van der Waals surface area contributed by atoms with Crippen LogP contribution in [0.4, 0.5) is 0 Å². The molecule has 0 saturated carbocycles. The monoisotopic (exact) mass is 454 g/mol. The van der Waals surface area contributed by atoms with Crippen LogP contribution < -0.4 is 9.47 Å². The summed E-state index contributed by atoms with van der Waals surface area (Å²) in [5, 5.41) is 0. The molecular weight excluding hydrogens is 428 g/mol. The summed E-state index contributed by atoms with van der Waals surface area (Å²) in [6, 6.07) is 21.1. The Labute approximate surface area is 198 Å². The lowest BCUT2D eigenvalue weighted by Crippen LogP contribution is -2.60. The first-order chi connectivity index (χ1) is 16.6.